The van der Waals surface area contributed by atoms with Crippen LogP contribution in [0.3, 0.4) is 0 Å². The highest BCUT2D eigenvalue weighted by atomic mass is 16.2. The highest BCUT2D eigenvalue weighted by molar-refractivity contribution is 5.88. The summed E-state index contributed by atoms with van der Waals surface area (Å²) in [4.78, 5) is 18.5. The quantitative estimate of drug-likeness (QED) is 0.888. The van der Waals surface area contributed by atoms with Crippen molar-refractivity contribution >= 4 is 11.8 Å². The SMILES string of the molecule is O=C(Nc1ccccn1)N1CCNCC1c1ccccc1. The Balaban J connectivity index is 1.76. The third-order valence-electron chi connectivity index (χ3n) is 3.59. The van der Waals surface area contributed by atoms with Gasteiger partial charge in [-0.05, 0) is 17.7 Å². The largest absolute Gasteiger partial charge is 0.323 e. The summed E-state index contributed by atoms with van der Waals surface area (Å²) in [6.07, 6.45) is 1.67. The molecule has 108 valence electrons. The zero-order valence-corrected chi connectivity index (χ0v) is 11.7. The number of anilines is 1. The predicted molar refractivity (Wildman–Crippen MR) is 82.0 cm³/mol. The van der Waals surface area contributed by atoms with Crippen LogP contribution >= 0.6 is 0 Å². The van der Waals surface area contributed by atoms with Crippen LogP contribution in [0.4, 0.5) is 10.6 Å². The Morgan fingerprint density at radius 1 is 1.19 bits per heavy atom. The standard InChI is InChI=1S/C16H18N4O/c21-16(19-15-8-4-5-9-18-15)20-11-10-17-12-14(20)13-6-2-1-3-7-13/h1-9,14,17H,10-12H2,(H,18,19,21). The van der Waals surface area contributed by atoms with Gasteiger partial charge in [0.1, 0.15) is 5.82 Å². The number of carbonyl (C=O) groups is 1. The zero-order valence-electron chi connectivity index (χ0n) is 11.7. The molecule has 1 aromatic carbocycles. The molecule has 0 aliphatic carbocycles. The Labute approximate surface area is 124 Å². The number of nitrogens with one attached hydrogen (secondary N) is 2. The minimum Gasteiger partial charge on any atom is -0.315 e. The minimum absolute atomic E-state index is 0.0451. The second-order valence-corrected chi connectivity index (χ2v) is 4.97. The Bertz CT molecular complexity index is 588. The van der Waals surface area contributed by atoms with Gasteiger partial charge in [-0.15, -0.1) is 0 Å². The Morgan fingerprint density at radius 2 is 2.00 bits per heavy atom. The Hall–Kier alpha value is -2.40. The fraction of sp³-hybridized carbons (Fsp3) is 0.250. The molecule has 5 heteroatoms. The second-order valence-electron chi connectivity index (χ2n) is 4.97. The number of hydrogen-bond donors (Lipinski definition) is 2. The first-order valence-electron chi connectivity index (χ1n) is 7.09. The van der Waals surface area contributed by atoms with E-state index in [2.05, 4.69) is 27.8 Å². The van der Waals surface area contributed by atoms with Crippen LogP contribution in [0, 0.1) is 0 Å². The molecule has 1 aliphatic heterocycles. The van der Waals surface area contributed by atoms with E-state index in [1.165, 1.54) is 0 Å². The maximum atomic E-state index is 12.5. The van der Waals surface area contributed by atoms with E-state index in [1.54, 1.807) is 12.3 Å². The summed E-state index contributed by atoms with van der Waals surface area (Å²) < 4.78 is 0. The van der Waals surface area contributed by atoms with Crippen molar-refractivity contribution in [3.63, 3.8) is 0 Å². The van der Waals surface area contributed by atoms with E-state index in [0.717, 1.165) is 18.7 Å². The molecule has 1 unspecified atom stereocenters. The van der Waals surface area contributed by atoms with E-state index >= 15 is 0 Å². The average Bonchev–Trinajstić information content (AvgIpc) is 2.56. The van der Waals surface area contributed by atoms with Gasteiger partial charge in [-0.1, -0.05) is 36.4 Å². The number of rotatable bonds is 2. The van der Waals surface area contributed by atoms with Crippen LogP contribution < -0.4 is 10.6 Å². The molecule has 1 aromatic heterocycles. The summed E-state index contributed by atoms with van der Waals surface area (Å²) in [5.74, 6) is 0.577. The van der Waals surface area contributed by atoms with Gasteiger partial charge in [0.05, 0.1) is 6.04 Å². The van der Waals surface area contributed by atoms with E-state index in [-0.39, 0.29) is 12.1 Å². The lowest BCUT2D eigenvalue weighted by atomic mass is 10.0. The number of aromatic nitrogens is 1. The Kier molecular flexibility index (Phi) is 4.12. The first-order chi connectivity index (χ1) is 10.3. The van der Waals surface area contributed by atoms with Crippen molar-refractivity contribution in [2.45, 2.75) is 6.04 Å². The van der Waals surface area contributed by atoms with Crippen LogP contribution in [0.25, 0.3) is 0 Å². The fourth-order valence-corrected chi connectivity index (χ4v) is 2.54. The lowest BCUT2D eigenvalue weighted by Crippen LogP contribution is -2.50. The Morgan fingerprint density at radius 3 is 2.76 bits per heavy atom. The van der Waals surface area contributed by atoms with Crippen molar-refractivity contribution in [1.82, 2.24) is 15.2 Å². The normalized spacial score (nSPS) is 18.3. The number of benzene rings is 1. The van der Waals surface area contributed by atoms with Crippen molar-refractivity contribution in [3.05, 3.63) is 60.3 Å². The second kappa shape index (κ2) is 6.37. The van der Waals surface area contributed by atoms with Crippen molar-refractivity contribution in [3.8, 4) is 0 Å². The molecule has 1 fully saturated rings. The summed E-state index contributed by atoms with van der Waals surface area (Å²) in [5, 5.41) is 6.20. The van der Waals surface area contributed by atoms with E-state index < -0.39 is 0 Å². The van der Waals surface area contributed by atoms with Crippen LogP contribution in [0.1, 0.15) is 11.6 Å². The molecule has 0 bridgehead atoms. The van der Waals surface area contributed by atoms with Gasteiger partial charge in [0.25, 0.3) is 0 Å². The van der Waals surface area contributed by atoms with E-state index in [1.807, 2.05) is 35.2 Å². The minimum atomic E-state index is -0.107. The van der Waals surface area contributed by atoms with Crippen molar-refractivity contribution in [1.29, 1.82) is 0 Å². The van der Waals surface area contributed by atoms with Crippen molar-refractivity contribution < 1.29 is 4.79 Å². The van der Waals surface area contributed by atoms with Crippen LogP contribution in [0.15, 0.2) is 54.7 Å². The number of carbonyl (C=O) groups excluding carboxylic acids is 1. The van der Waals surface area contributed by atoms with Gasteiger partial charge in [-0.25, -0.2) is 9.78 Å². The van der Waals surface area contributed by atoms with Gasteiger partial charge in [-0.2, -0.15) is 0 Å². The molecule has 0 saturated carbocycles. The molecular formula is C16H18N4O. The van der Waals surface area contributed by atoms with Crippen molar-refractivity contribution in [2.75, 3.05) is 25.0 Å². The highest BCUT2D eigenvalue weighted by Crippen LogP contribution is 2.22. The average molecular weight is 282 g/mol. The predicted octanol–water partition coefficient (Wildman–Crippen LogP) is 2.26. The maximum absolute atomic E-state index is 12.5. The molecule has 21 heavy (non-hydrogen) atoms. The fourth-order valence-electron chi connectivity index (χ4n) is 2.54. The first kappa shape index (κ1) is 13.6. The smallest absolute Gasteiger partial charge is 0.315 e. The summed E-state index contributed by atoms with van der Waals surface area (Å²) >= 11 is 0. The zero-order chi connectivity index (χ0) is 14.5. The third kappa shape index (κ3) is 3.20. The summed E-state index contributed by atoms with van der Waals surface area (Å²) in [6, 6.07) is 15.5. The van der Waals surface area contributed by atoms with E-state index in [4.69, 9.17) is 0 Å². The van der Waals surface area contributed by atoms with Gasteiger partial charge in [-0.3, -0.25) is 5.32 Å². The number of nitrogens with zero attached hydrogens (tertiary/aromatic N) is 2. The lowest BCUT2D eigenvalue weighted by molar-refractivity contribution is 0.171. The molecule has 1 atom stereocenters. The molecule has 0 spiro atoms. The molecule has 0 radical (unpaired) electrons. The van der Waals surface area contributed by atoms with E-state index in [9.17, 15) is 4.79 Å². The molecule has 2 heterocycles. The molecule has 2 amide bonds. The van der Waals surface area contributed by atoms with Gasteiger partial charge in [0.15, 0.2) is 0 Å². The van der Waals surface area contributed by atoms with Crippen LogP contribution in [0.5, 0.6) is 0 Å². The van der Waals surface area contributed by atoms with Crippen LogP contribution in [-0.4, -0.2) is 35.5 Å². The van der Waals surface area contributed by atoms with Gasteiger partial charge >= 0.3 is 6.03 Å². The molecule has 1 aliphatic rings. The van der Waals surface area contributed by atoms with E-state index in [0.29, 0.717) is 12.4 Å². The number of amides is 2. The molecule has 2 N–H and O–H groups in total. The highest BCUT2D eigenvalue weighted by Gasteiger charge is 2.27. The maximum Gasteiger partial charge on any atom is 0.323 e. The van der Waals surface area contributed by atoms with Gasteiger partial charge in [0.2, 0.25) is 0 Å². The van der Waals surface area contributed by atoms with Gasteiger partial charge < -0.3 is 10.2 Å². The number of hydrogen-bond acceptors (Lipinski definition) is 3. The number of pyridine rings is 1. The number of piperazine rings is 1. The molecule has 2 aromatic rings. The first-order valence-corrected chi connectivity index (χ1v) is 7.09. The molecule has 3 rings (SSSR count). The summed E-state index contributed by atoms with van der Waals surface area (Å²) in [5.41, 5.74) is 1.14. The molecule has 1 saturated heterocycles. The number of urea groups is 1. The molecular weight excluding hydrogens is 264 g/mol. The summed E-state index contributed by atoms with van der Waals surface area (Å²) in [7, 11) is 0. The van der Waals surface area contributed by atoms with Gasteiger partial charge in [0, 0.05) is 25.8 Å². The van der Waals surface area contributed by atoms with Crippen LogP contribution in [-0.2, 0) is 0 Å². The lowest BCUT2D eigenvalue weighted by Gasteiger charge is -2.36. The van der Waals surface area contributed by atoms with Crippen LogP contribution in [0.2, 0.25) is 0 Å². The topological polar surface area (TPSA) is 57.3 Å². The monoisotopic (exact) mass is 282 g/mol. The van der Waals surface area contributed by atoms with Crippen molar-refractivity contribution in [2.24, 2.45) is 0 Å². The third-order valence-corrected chi connectivity index (χ3v) is 3.59. The molecule has 5 nitrogen and oxygen atoms in total. The summed E-state index contributed by atoms with van der Waals surface area (Å²) in [6.45, 7) is 2.25.